The van der Waals surface area contributed by atoms with E-state index in [2.05, 4.69) is 35.9 Å². The molecule has 0 bridgehead atoms. The van der Waals surface area contributed by atoms with Gasteiger partial charge in [0.2, 0.25) is 11.8 Å². The SMILES string of the molecule is CC(C)C(C)(c1ccc(-c2cnc(N)nc2)cc1)c1noc(C2(C(=O)O)CCCCC2)n1. The molecule has 1 aliphatic rings. The molecule has 1 aromatic carbocycles. The van der Waals surface area contributed by atoms with Crippen LogP contribution in [0.3, 0.4) is 0 Å². The summed E-state index contributed by atoms with van der Waals surface area (Å²) in [6, 6.07) is 8.09. The van der Waals surface area contributed by atoms with Gasteiger partial charge >= 0.3 is 5.97 Å². The van der Waals surface area contributed by atoms with Crippen molar-refractivity contribution in [2.45, 2.75) is 63.7 Å². The average Bonchev–Trinajstić information content (AvgIpc) is 3.31. The molecule has 3 N–H and O–H groups in total. The maximum absolute atomic E-state index is 12.2. The fourth-order valence-corrected chi connectivity index (χ4v) is 4.52. The van der Waals surface area contributed by atoms with Crippen LogP contribution in [-0.2, 0) is 15.6 Å². The van der Waals surface area contributed by atoms with E-state index in [1.807, 2.05) is 24.3 Å². The zero-order valence-electron chi connectivity index (χ0n) is 18.7. The Balaban J connectivity index is 1.70. The lowest BCUT2D eigenvalue weighted by molar-refractivity contribution is -0.146. The molecule has 0 aliphatic heterocycles. The summed E-state index contributed by atoms with van der Waals surface area (Å²) in [5.41, 5.74) is 6.82. The first-order chi connectivity index (χ1) is 15.3. The van der Waals surface area contributed by atoms with E-state index in [9.17, 15) is 9.90 Å². The second-order valence-corrected chi connectivity index (χ2v) is 9.14. The van der Waals surface area contributed by atoms with Crippen LogP contribution in [0.25, 0.3) is 11.1 Å². The van der Waals surface area contributed by atoms with Crippen molar-refractivity contribution in [1.82, 2.24) is 20.1 Å². The van der Waals surface area contributed by atoms with Crippen molar-refractivity contribution in [3.05, 3.63) is 53.9 Å². The summed E-state index contributed by atoms with van der Waals surface area (Å²) >= 11 is 0. The molecule has 0 spiro atoms. The number of carbonyl (C=O) groups is 1. The minimum absolute atomic E-state index is 0.144. The Kier molecular flexibility index (Phi) is 5.71. The Morgan fingerprint density at radius 1 is 1.09 bits per heavy atom. The third kappa shape index (κ3) is 3.63. The topological polar surface area (TPSA) is 128 Å². The predicted octanol–water partition coefficient (Wildman–Crippen LogP) is 4.36. The number of benzene rings is 1. The van der Waals surface area contributed by atoms with Crippen LogP contribution in [-0.4, -0.2) is 31.2 Å². The van der Waals surface area contributed by atoms with Gasteiger partial charge in [-0.3, -0.25) is 4.79 Å². The monoisotopic (exact) mass is 435 g/mol. The number of anilines is 1. The molecule has 2 aromatic heterocycles. The lowest BCUT2D eigenvalue weighted by Gasteiger charge is -2.32. The van der Waals surface area contributed by atoms with Gasteiger partial charge in [-0.25, -0.2) is 9.97 Å². The molecule has 0 amide bonds. The molecular weight excluding hydrogens is 406 g/mol. The van der Waals surface area contributed by atoms with Crippen LogP contribution in [0.5, 0.6) is 0 Å². The number of nitrogens with two attached hydrogens (primary N) is 1. The molecule has 1 saturated carbocycles. The van der Waals surface area contributed by atoms with Gasteiger partial charge in [-0.1, -0.05) is 62.5 Å². The highest BCUT2D eigenvalue weighted by Crippen LogP contribution is 2.42. The zero-order valence-corrected chi connectivity index (χ0v) is 18.7. The highest BCUT2D eigenvalue weighted by atomic mass is 16.5. The van der Waals surface area contributed by atoms with E-state index in [-0.39, 0.29) is 17.8 Å². The van der Waals surface area contributed by atoms with Gasteiger partial charge < -0.3 is 15.4 Å². The number of aromatic nitrogens is 4. The van der Waals surface area contributed by atoms with Gasteiger partial charge in [-0.15, -0.1) is 0 Å². The normalized spacial score (nSPS) is 17.8. The van der Waals surface area contributed by atoms with Crippen molar-refractivity contribution in [2.24, 2.45) is 5.92 Å². The van der Waals surface area contributed by atoms with Crippen molar-refractivity contribution in [3.63, 3.8) is 0 Å². The number of hydrogen-bond acceptors (Lipinski definition) is 7. The largest absolute Gasteiger partial charge is 0.480 e. The molecule has 0 saturated heterocycles. The second-order valence-electron chi connectivity index (χ2n) is 9.14. The van der Waals surface area contributed by atoms with Crippen molar-refractivity contribution >= 4 is 11.9 Å². The van der Waals surface area contributed by atoms with Gasteiger partial charge in [-0.2, -0.15) is 4.98 Å². The summed E-state index contributed by atoms with van der Waals surface area (Å²) in [5, 5.41) is 14.3. The number of rotatable bonds is 6. The molecule has 1 atom stereocenters. The summed E-state index contributed by atoms with van der Waals surface area (Å²) < 4.78 is 5.62. The fourth-order valence-electron chi connectivity index (χ4n) is 4.52. The van der Waals surface area contributed by atoms with Crippen LogP contribution in [0.15, 0.2) is 41.2 Å². The van der Waals surface area contributed by atoms with E-state index in [4.69, 9.17) is 15.2 Å². The van der Waals surface area contributed by atoms with Gasteiger partial charge in [0, 0.05) is 18.0 Å². The molecular formula is C24H29N5O3. The molecule has 1 aliphatic carbocycles. The number of carboxylic acids is 1. The second kappa shape index (κ2) is 8.33. The minimum atomic E-state index is -1.08. The van der Waals surface area contributed by atoms with Crippen molar-refractivity contribution < 1.29 is 14.4 Å². The molecule has 4 rings (SSSR count). The summed E-state index contributed by atoms with van der Waals surface area (Å²) in [6.07, 6.45) is 7.18. The van der Waals surface area contributed by atoms with Crippen LogP contribution in [0, 0.1) is 5.92 Å². The summed E-state index contributed by atoms with van der Waals surface area (Å²) in [5.74, 6) is 0.238. The van der Waals surface area contributed by atoms with Gasteiger partial charge in [-0.05, 0) is 36.8 Å². The first-order valence-electron chi connectivity index (χ1n) is 11.0. The van der Waals surface area contributed by atoms with E-state index in [0.29, 0.717) is 18.7 Å². The van der Waals surface area contributed by atoms with Crippen LogP contribution in [0.4, 0.5) is 5.95 Å². The van der Waals surface area contributed by atoms with Gasteiger partial charge in [0.15, 0.2) is 5.82 Å². The number of nitrogens with zero attached hydrogens (tertiary/aromatic N) is 4. The molecule has 2 heterocycles. The molecule has 0 radical (unpaired) electrons. The standard InChI is InChI=1S/C24H29N5O3/c1-15(2)23(3,18-9-7-16(8-10-18)17-13-26-22(25)27-14-17)19-28-20(32-29-19)24(21(30)31)11-5-4-6-12-24/h7-10,13-15H,4-6,11-12H2,1-3H3,(H,30,31)(H2,25,26,27). The van der Waals surface area contributed by atoms with E-state index < -0.39 is 16.8 Å². The first-order valence-corrected chi connectivity index (χ1v) is 11.0. The number of nitrogen functional groups attached to an aromatic ring is 1. The summed E-state index contributed by atoms with van der Waals surface area (Å²) in [6.45, 7) is 6.28. The van der Waals surface area contributed by atoms with Crippen molar-refractivity contribution in [2.75, 3.05) is 5.73 Å². The van der Waals surface area contributed by atoms with Crippen LogP contribution >= 0.6 is 0 Å². The van der Waals surface area contributed by atoms with Crippen LogP contribution < -0.4 is 5.73 Å². The van der Waals surface area contributed by atoms with Crippen molar-refractivity contribution in [1.29, 1.82) is 0 Å². The maximum atomic E-state index is 12.2. The Hall–Kier alpha value is -3.29. The van der Waals surface area contributed by atoms with E-state index >= 15 is 0 Å². The lowest BCUT2D eigenvalue weighted by atomic mass is 9.72. The first kappa shape index (κ1) is 21.9. The zero-order chi connectivity index (χ0) is 22.9. The molecule has 1 unspecified atom stereocenters. The number of carboxylic acid groups (broad SMARTS) is 1. The maximum Gasteiger partial charge on any atom is 0.319 e. The number of aliphatic carboxylic acids is 1. The minimum Gasteiger partial charge on any atom is -0.480 e. The van der Waals surface area contributed by atoms with Crippen molar-refractivity contribution in [3.8, 4) is 11.1 Å². The third-order valence-corrected chi connectivity index (χ3v) is 7.06. The smallest absolute Gasteiger partial charge is 0.319 e. The molecule has 32 heavy (non-hydrogen) atoms. The fraction of sp³-hybridized carbons (Fsp3) is 0.458. The predicted molar refractivity (Wildman–Crippen MR) is 120 cm³/mol. The number of hydrogen-bond donors (Lipinski definition) is 2. The lowest BCUT2D eigenvalue weighted by Crippen LogP contribution is -2.38. The highest BCUT2D eigenvalue weighted by Gasteiger charge is 2.48. The van der Waals surface area contributed by atoms with E-state index in [0.717, 1.165) is 36.0 Å². The molecule has 1 fully saturated rings. The summed E-state index contributed by atoms with van der Waals surface area (Å²) in [7, 11) is 0. The van der Waals surface area contributed by atoms with Crippen LogP contribution in [0.2, 0.25) is 0 Å². The molecule has 8 nitrogen and oxygen atoms in total. The Morgan fingerprint density at radius 2 is 1.72 bits per heavy atom. The third-order valence-electron chi connectivity index (χ3n) is 7.06. The van der Waals surface area contributed by atoms with E-state index in [1.165, 1.54) is 0 Å². The van der Waals surface area contributed by atoms with Gasteiger partial charge in [0.25, 0.3) is 0 Å². The van der Waals surface area contributed by atoms with E-state index in [1.54, 1.807) is 12.4 Å². The molecule has 8 heteroatoms. The summed E-state index contributed by atoms with van der Waals surface area (Å²) in [4.78, 5) is 25.0. The van der Waals surface area contributed by atoms with Gasteiger partial charge in [0.05, 0.1) is 5.41 Å². The van der Waals surface area contributed by atoms with Gasteiger partial charge in [0.1, 0.15) is 5.41 Å². The Bertz CT molecular complexity index is 1090. The molecule has 168 valence electrons. The average molecular weight is 436 g/mol. The Morgan fingerprint density at radius 3 is 2.28 bits per heavy atom. The quantitative estimate of drug-likeness (QED) is 0.584. The molecule has 3 aromatic rings. The Labute approximate surface area is 187 Å². The highest BCUT2D eigenvalue weighted by molar-refractivity contribution is 5.80. The van der Waals surface area contributed by atoms with Crippen LogP contribution in [0.1, 0.15) is 70.2 Å².